The van der Waals surface area contributed by atoms with Crippen LogP contribution in [0.25, 0.3) is 16.8 Å². The summed E-state index contributed by atoms with van der Waals surface area (Å²) in [6.07, 6.45) is 1.88. The largest absolute Gasteiger partial charge is 0.478 e. The van der Waals surface area contributed by atoms with Gasteiger partial charge in [-0.15, -0.1) is 0 Å². The van der Waals surface area contributed by atoms with Gasteiger partial charge in [0, 0.05) is 24.0 Å². The van der Waals surface area contributed by atoms with Gasteiger partial charge in [0.1, 0.15) is 0 Å². The topological polar surface area (TPSA) is 62.5 Å². The van der Waals surface area contributed by atoms with Gasteiger partial charge in [0.15, 0.2) is 5.43 Å². The summed E-state index contributed by atoms with van der Waals surface area (Å²) < 4.78 is 1.89. The Morgan fingerprint density at radius 3 is 2.46 bits per heavy atom. The van der Waals surface area contributed by atoms with Crippen molar-refractivity contribution in [2.75, 3.05) is 14.1 Å². The zero-order valence-electron chi connectivity index (χ0n) is 13.6. The van der Waals surface area contributed by atoms with E-state index in [1.54, 1.807) is 6.07 Å². The van der Waals surface area contributed by atoms with Gasteiger partial charge in [-0.1, -0.05) is 18.2 Å². The number of aromatic nitrogens is 1. The SMILES string of the molecule is CN(C)Cc1c(C(=O)O)c2cc(=O)ccc-2cn1-c1ccccc1. The minimum atomic E-state index is -1.03. The lowest BCUT2D eigenvalue weighted by Gasteiger charge is -2.23. The first kappa shape index (κ1) is 16.0. The standard InChI is InChI=1S/C19H18N2O3/c1-20(2)12-17-18(19(23)24)16-10-15(22)9-8-13(16)11-21(17)14-6-4-3-5-7-14/h3-11H,12H2,1-2H3,(H,23,24). The van der Waals surface area contributed by atoms with E-state index in [-0.39, 0.29) is 11.0 Å². The van der Waals surface area contributed by atoms with Crippen LogP contribution in [0.3, 0.4) is 0 Å². The van der Waals surface area contributed by atoms with Gasteiger partial charge in [-0.25, -0.2) is 4.79 Å². The molecule has 2 aliphatic rings. The zero-order valence-corrected chi connectivity index (χ0v) is 13.6. The highest BCUT2D eigenvalue weighted by molar-refractivity contribution is 5.97. The fourth-order valence-corrected chi connectivity index (χ4v) is 2.87. The van der Waals surface area contributed by atoms with Crippen molar-refractivity contribution in [2.45, 2.75) is 6.54 Å². The number of nitrogens with zero attached hydrogens (tertiary/aromatic N) is 2. The highest BCUT2D eigenvalue weighted by Crippen LogP contribution is 2.30. The summed E-state index contributed by atoms with van der Waals surface area (Å²) in [5.74, 6) is -1.03. The molecule has 0 radical (unpaired) electrons. The van der Waals surface area contributed by atoms with Crippen LogP contribution in [0.15, 0.2) is 59.5 Å². The predicted octanol–water partition coefficient (Wildman–Crippen LogP) is 2.70. The lowest BCUT2D eigenvalue weighted by Crippen LogP contribution is -2.21. The summed E-state index contributed by atoms with van der Waals surface area (Å²) in [6.45, 7) is 0.440. The van der Waals surface area contributed by atoms with Crippen molar-refractivity contribution in [3.05, 3.63) is 76.2 Å². The fraction of sp³-hybridized carbons (Fsp3) is 0.158. The van der Waals surface area contributed by atoms with Crippen LogP contribution in [0.5, 0.6) is 0 Å². The van der Waals surface area contributed by atoms with Crippen molar-refractivity contribution < 1.29 is 9.90 Å². The Kier molecular flexibility index (Phi) is 4.18. The van der Waals surface area contributed by atoms with Crippen molar-refractivity contribution in [1.82, 2.24) is 9.47 Å². The van der Waals surface area contributed by atoms with E-state index < -0.39 is 5.97 Å². The number of para-hydroxylation sites is 1. The smallest absolute Gasteiger partial charge is 0.338 e. The molecule has 5 nitrogen and oxygen atoms in total. The Morgan fingerprint density at radius 1 is 1.12 bits per heavy atom. The molecule has 24 heavy (non-hydrogen) atoms. The second-order valence-corrected chi connectivity index (χ2v) is 5.95. The van der Waals surface area contributed by atoms with E-state index >= 15 is 0 Å². The molecule has 1 N–H and O–H groups in total. The third-order valence-corrected chi connectivity index (χ3v) is 3.86. The number of fused-ring (bicyclic) bond motifs is 1. The second-order valence-electron chi connectivity index (χ2n) is 5.95. The summed E-state index contributed by atoms with van der Waals surface area (Å²) >= 11 is 0. The molecule has 0 fully saturated rings. The molecule has 0 spiro atoms. The van der Waals surface area contributed by atoms with Crippen LogP contribution >= 0.6 is 0 Å². The lowest BCUT2D eigenvalue weighted by atomic mass is 9.96. The molecule has 0 atom stereocenters. The Bertz CT molecular complexity index is 914. The van der Waals surface area contributed by atoms with Crippen molar-refractivity contribution in [1.29, 1.82) is 0 Å². The van der Waals surface area contributed by atoms with E-state index in [9.17, 15) is 14.7 Å². The van der Waals surface area contributed by atoms with Crippen molar-refractivity contribution in [3.8, 4) is 16.8 Å². The van der Waals surface area contributed by atoms with Gasteiger partial charge in [0.05, 0.1) is 11.3 Å². The van der Waals surface area contributed by atoms with Crippen LogP contribution in [0.4, 0.5) is 0 Å². The van der Waals surface area contributed by atoms with Crippen LogP contribution in [-0.2, 0) is 6.54 Å². The van der Waals surface area contributed by atoms with Gasteiger partial charge in [-0.05, 0) is 50.0 Å². The van der Waals surface area contributed by atoms with Crippen LogP contribution in [-0.4, -0.2) is 34.6 Å². The minimum Gasteiger partial charge on any atom is -0.478 e. The van der Waals surface area contributed by atoms with Crippen LogP contribution < -0.4 is 5.43 Å². The van der Waals surface area contributed by atoms with Crippen molar-refractivity contribution in [2.24, 2.45) is 0 Å². The first-order chi connectivity index (χ1) is 11.5. The molecule has 1 aromatic carbocycles. The molecule has 1 aliphatic heterocycles. The molecule has 122 valence electrons. The number of carboxylic acids is 1. The summed E-state index contributed by atoms with van der Waals surface area (Å²) in [5, 5.41) is 9.80. The molecule has 0 aromatic heterocycles. The van der Waals surface area contributed by atoms with E-state index in [1.807, 2.05) is 60.1 Å². The Hall–Kier alpha value is -2.92. The molecule has 3 rings (SSSR count). The maximum atomic E-state index is 12.0. The van der Waals surface area contributed by atoms with E-state index in [4.69, 9.17) is 0 Å². The van der Waals surface area contributed by atoms with E-state index in [2.05, 4.69) is 0 Å². The Balaban J connectivity index is 2.42. The molecule has 0 unspecified atom stereocenters. The van der Waals surface area contributed by atoms with Gasteiger partial charge < -0.3 is 14.6 Å². The molecular formula is C19H18N2O3. The van der Waals surface area contributed by atoms with Crippen LogP contribution in [0.2, 0.25) is 0 Å². The molecule has 1 aliphatic carbocycles. The van der Waals surface area contributed by atoms with Crippen molar-refractivity contribution in [3.63, 3.8) is 0 Å². The van der Waals surface area contributed by atoms with Gasteiger partial charge in [-0.3, -0.25) is 4.79 Å². The van der Waals surface area contributed by atoms with Gasteiger partial charge in [0.2, 0.25) is 0 Å². The van der Waals surface area contributed by atoms with E-state index in [0.717, 1.165) is 11.3 Å². The lowest BCUT2D eigenvalue weighted by molar-refractivity contribution is 0.0694. The van der Waals surface area contributed by atoms with E-state index in [1.165, 1.54) is 12.1 Å². The quantitative estimate of drug-likeness (QED) is 0.802. The Morgan fingerprint density at radius 2 is 1.83 bits per heavy atom. The second kappa shape index (κ2) is 6.29. The summed E-state index contributed by atoms with van der Waals surface area (Å²) in [5.41, 5.74) is 2.68. The average Bonchev–Trinajstić information content (AvgIpc) is 2.54. The minimum absolute atomic E-state index is 0.169. The third-order valence-electron chi connectivity index (χ3n) is 3.86. The fourth-order valence-electron chi connectivity index (χ4n) is 2.87. The maximum Gasteiger partial charge on any atom is 0.338 e. The zero-order chi connectivity index (χ0) is 17.3. The number of rotatable bonds is 4. The molecule has 0 saturated carbocycles. The third kappa shape index (κ3) is 2.94. The van der Waals surface area contributed by atoms with Gasteiger partial charge >= 0.3 is 5.97 Å². The Labute approximate surface area is 139 Å². The van der Waals surface area contributed by atoms with E-state index in [0.29, 0.717) is 17.8 Å². The number of aromatic carboxylic acids is 1. The predicted molar refractivity (Wildman–Crippen MR) is 93.0 cm³/mol. The number of carbonyl (C=O) groups is 1. The van der Waals surface area contributed by atoms with Crippen LogP contribution in [0.1, 0.15) is 16.1 Å². The average molecular weight is 322 g/mol. The molecule has 0 bridgehead atoms. The van der Waals surface area contributed by atoms with Crippen molar-refractivity contribution >= 4 is 5.97 Å². The summed E-state index contributed by atoms with van der Waals surface area (Å²) in [4.78, 5) is 25.6. The number of carboxylic acid groups (broad SMARTS) is 1. The number of benzene rings is 2. The maximum absolute atomic E-state index is 12.0. The normalized spacial score (nSPS) is 11.1. The first-order valence-corrected chi connectivity index (χ1v) is 7.59. The molecule has 0 saturated heterocycles. The molecule has 0 amide bonds. The molecule has 1 heterocycles. The molecule has 1 aromatic rings. The summed E-state index contributed by atoms with van der Waals surface area (Å²) in [6, 6.07) is 14.1. The first-order valence-electron chi connectivity index (χ1n) is 7.59. The van der Waals surface area contributed by atoms with Gasteiger partial charge in [-0.2, -0.15) is 0 Å². The molecular weight excluding hydrogens is 304 g/mol. The van der Waals surface area contributed by atoms with Crippen LogP contribution in [0, 0.1) is 0 Å². The number of hydrogen-bond donors (Lipinski definition) is 1. The molecule has 5 heteroatoms. The number of pyridine rings is 1. The highest BCUT2D eigenvalue weighted by atomic mass is 16.4. The summed E-state index contributed by atoms with van der Waals surface area (Å²) in [7, 11) is 3.77. The monoisotopic (exact) mass is 322 g/mol. The van der Waals surface area contributed by atoms with Gasteiger partial charge in [0.25, 0.3) is 0 Å². The highest BCUT2D eigenvalue weighted by Gasteiger charge is 2.23. The number of hydrogen-bond acceptors (Lipinski definition) is 3.